The van der Waals surface area contributed by atoms with Gasteiger partial charge in [-0.1, -0.05) is 11.6 Å². The van der Waals surface area contributed by atoms with Crippen LogP contribution in [0.5, 0.6) is 0 Å². The second-order valence-corrected chi connectivity index (χ2v) is 7.17. The third-order valence-corrected chi connectivity index (χ3v) is 4.98. The van der Waals surface area contributed by atoms with Crippen molar-refractivity contribution in [1.29, 1.82) is 0 Å². The Bertz CT molecular complexity index is 1030. The van der Waals surface area contributed by atoms with Crippen LogP contribution in [0.25, 0.3) is 22.1 Å². The van der Waals surface area contributed by atoms with Gasteiger partial charge in [-0.2, -0.15) is 0 Å². The van der Waals surface area contributed by atoms with Crippen molar-refractivity contribution in [3.05, 3.63) is 59.1 Å². The van der Waals surface area contributed by atoms with Crippen LogP contribution >= 0.6 is 11.6 Å². The average molecular weight is 357 g/mol. The molecule has 2 aromatic heterocycles. The topological polar surface area (TPSA) is 17.6 Å². The minimum Gasteiger partial charge on any atom is -0.233 e. The molecular weight excluding hydrogens is 332 g/mol. The van der Waals surface area contributed by atoms with Crippen molar-refractivity contribution in [2.45, 2.75) is 13.8 Å². The second-order valence-electron chi connectivity index (χ2n) is 6.73. The Morgan fingerprint density at radius 1 is 0.760 bits per heavy atom. The second kappa shape index (κ2) is 6.52. The zero-order valence-corrected chi connectivity index (χ0v) is 16.5. The van der Waals surface area contributed by atoms with E-state index >= 15 is 0 Å². The Balaban J connectivity index is 0.000000146. The first-order valence-electron chi connectivity index (χ1n) is 8.30. The van der Waals surface area contributed by atoms with Gasteiger partial charge in [0, 0.05) is 11.1 Å². The molecule has 2 heterocycles. The van der Waals surface area contributed by atoms with Gasteiger partial charge in [0.1, 0.15) is 0 Å². The number of nitrogens with zero attached hydrogens (tertiary/aromatic N) is 4. The zero-order chi connectivity index (χ0) is 18.3. The van der Waals surface area contributed by atoms with E-state index in [0.717, 1.165) is 10.5 Å². The first-order chi connectivity index (χ1) is 11.8. The molecule has 0 aliphatic heterocycles. The van der Waals surface area contributed by atoms with E-state index in [1.54, 1.807) is 0 Å². The third kappa shape index (κ3) is 3.27. The first kappa shape index (κ1) is 17.5. The highest BCUT2D eigenvalue weighted by molar-refractivity contribution is 6.31. The van der Waals surface area contributed by atoms with Crippen LogP contribution in [0.1, 0.15) is 11.1 Å². The van der Waals surface area contributed by atoms with E-state index in [1.807, 2.05) is 38.6 Å². The SMILES string of the molecule is Cc1cc2c(cc1C)[n+](C)cn2C.Cn1c[n+](C)c2ccc(Cl)cc21. The molecule has 0 radical (unpaired) electrons. The van der Waals surface area contributed by atoms with E-state index in [-0.39, 0.29) is 0 Å². The number of hydrogen-bond acceptors (Lipinski definition) is 0. The maximum absolute atomic E-state index is 5.88. The molecule has 0 aliphatic carbocycles. The monoisotopic (exact) mass is 356 g/mol. The number of rotatable bonds is 0. The van der Waals surface area contributed by atoms with Crippen LogP contribution < -0.4 is 9.13 Å². The minimum absolute atomic E-state index is 0.782. The molecule has 4 rings (SSSR count). The molecule has 0 bridgehead atoms. The number of aryl methyl sites for hydroxylation is 6. The Kier molecular flexibility index (Phi) is 4.56. The third-order valence-electron chi connectivity index (χ3n) is 4.74. The molecule has 0 N–H and O–H groups in total. The number of fused-ring (bicyclic) bond motifs is 2. The summed E-state index contributed by atoms with van der Waals surface area (Å²) in [7, 11) is 8.20. The fraction of sp³-hybridized carbons (Fsp3) is 0.300. The van der Waals surface area contributed by atoms with Crippen molar-refractivity contribution in [1.82, 2.24) is 9.13 Å². The highest BCUT2D eigenvalue weighted by atomic mass is 35.5. The molecule has 0 atom stereocenters. The van der Waals surface area contributed by atoms with Gasteiger partial charge < -0.3 is 0 Å². The predicted octanol–water partition coefficient (Wildman–Crippen LogP) is 3.28. The van der Waals surface area contributed by atoms with Gasteiger partial charge in [-0.15, -0.1) is 0 Å². The predicted molar refractivity (Wildman–Crippen MR) is 103 cm³/mol. The van der Waals surface area contributed by atoms with Gasteiger partial charge in [-0.05, 0) is 49.2 Å². The van der Waals surface area contributed by atoms with Crippen LogP contribution in [0.2, 0.25) is 5.02 Å². The molecule has 130 valence electrons. The molecule has 0 saturated heterocycles. The number of benzene rings is 2. The van der Waals surface area contributed by atoms with Gasteiger partial charge in [-0.25, -0.2) is 18.3 Å². The fourth-order valence-corrected chi connectivity index (χ4v) is 3.36. The Hall–Kier alpha value is -2.33. The lowest BCUT2D eigenvalue weighted by molar-refractivity contribution is -0.645. The van der Waals surface area contributed by atoms with Gasteiger partial charge in [0.15, 0.2) is 22.1 Å². The molecule has 4 aromatic rings. The lowest BCUT2D eigenvalue weighted by atomic mass is 10.1. The van der Waals surface area contributed by atoms with Crippen LogP contribution in [-0.2, 0) is 28.2 Å². The van der Waals surface area contributed by atoms with E-state index in [2.05, 4.69) is 64.7 Å². The maximum Gasteiger partial charge on any atom is 0.244 e. The molecule has 4 nitrogen and oxygen atoms in total. The van der Waals surface area contributed by atoms with Crippen molar-refractivity contribution in [3.8, 4) is 0 Å². The van der Waals surface area contributed by atoms with Gasteiger partial charge >= 0.3 is 0 Å². The summed E-state index contributed by atoms with van der Waals surface area (Å²) in [4.78, 5) is 0. The normalized spacial score (nSPS) is 11.0. The smallest absolute Gasteiger partial charge is 0.233 e. The molecule has 5 heteroatoms. The van der Waals surface area contributed by atoms with E-state index in [1.165, 1.54) is 27.7 Å². The largest absolute Gasteiger partial charge is 0.244 e. The summed E-state index contributed by atoms with van der Waals surface area (Å²) in [6, 6.07) is 10.4. The Labute approximate surface area is 153 Å². The molecule has 0 aliphatic rings. The molecule has 25 heavy (non-hydrogen) atoms. The summed E-state index contributed by atoms with van der Waals surface area (Å²) in [6.07, 6.45) is 4.13. The summed E-state index contributed by atoms with van der Waals surface area (Å²) in [5.41, 5.74) is 7.66. The lowest BCUT2D eigenvalue weighted by Crippen LogP contribution is -2.25. The zero-order valence-electron chi connectivity index (χ0n) is 15.7. The van der Waals surface area contributed by atoms with Gasteiger partial charge in [0.05, 0.1) is 28.2 Å². The van der Waals surface area contributed by atoms with Gasteiger partial charge in [-0.3, -0.25) is 0 Å². The van der Waals surface area contributed by atoms with Crippen molar-refractivity contribution >= 4 is 33.7 Å². The van der Waals surface area contributed by atoms with Crippen LogP contribution in [0, 0.1) is 13.8 Å². The van der Waals surface area contributed by atoms with Crippen molar-refractivity contribution in [3.63, 3.8) is 0 Å². The quantitative estimate of drug-likeness (QED) is 0.430. The highest BCUT2D eigenvalue weighted by Crippen LogP contribution is 2.16. The number of aromatic nitrogens is 4. The van der Waals surface area contributed by atoms with Crippen molar-refractivity contribution in [2.24, 2.45) is 28.2 Å². The van der Waals surface area contributed by atoms with Crippen LogP contribution in [-0.4, -0.2) is 9.13 Å². The molecule has 2 aromatic carbocycles. The first-order valence-corrected chi connectivity index (χ1v) is 8.68. The summed E-state index contributed by atoms with van der Waals surface area (Å²) in [5, 5.41) is 0.782. The van der Waals surface area contributed by atoms with E-state index in [9.17, 15) is 0 Å². The standard InChI is InChI=1S/C11H15N2.C9H10ClN2/c1-8-5-10-11(6-9(8)2)13(4)7-12(10)3;1-11-6-12(2)9-5-7(10)3-4-8(9)11/h5-7H,1-4H3;3-6H,1-2H3/q2*+1. The number of halogens is 1. The summed E-state index contributed by atoms with van der Waals surface area (Å²) < 4.78 is 8.44. The average Bonchev–Trinajstić information content (AvgIpc) is 2.98. The molecular formula is C20H25ClN4+2. The van der Waals surface area contributed by atoms with Gasteiger partial charge in [0.2, 0.25) is 12.7 Å². The minimum atomic E-state index is 0.782. The highest BCUT2D eigenvalue weighted by Gasteiger charge is 2.11. The van der Waals surface area contributed by atoms with E-state index < -0.39 is 0 Å². The number of imidazole rings is 2. The van der Waals surface area contributed by atoms with Crippen LogP contribution in [0.15, 0.2) is 43.0 Å². The Morgan fingerprint density at radius 3 is 1.92 bits per heavy atom. The van der Waals surface area contributed by atoms with E-state index in [0.29, 0.717) is 0 Å². The maximum atomic E-state index is 5.88. The lowest BCUT2D eigenvalue weighted by Gasteiger charge is -1.97. The fourth-order valence-electron chi connectivity index (χ4n) is 3.20. The molecule has 0 amide bonds. The van der Waals surface area contributed by atoms with E-state index in [4.69, 9.17) is 11.6 Å². The van der Waals surface area contributed by atoms with Crippen molar-refractivity contribution in [2.75, 3.05) is 0 Å². The summed E-state index contributed by atoms with van der Waals surface area (Å²) >= 11 is 5.88. The summed E-state index contributed by atoms with van der Waals surface area (Å²) in [6.45, 7) is 4.31. The van der Waals surface area contributed by atoms with Crippen LogP contribution in [0.4, 0.5) is 0 Å². The molecule has 0 saturated carbocycles. The van der Waals surface area contributed by atoms with Crippen molar-refractivity contribution < 1.29 is 9.13 Å². The number of hydrogen-bond donors (Lipinski definition) is 0. The molecule has 0 spiro atoms. The summed E-state index contributed by atoms with van der Waals surface area (Å²) in [5.74, 6) is 0. The molecule has 0 unspecified atom stereocenters. The van der Waals surface area contributed by atoms with Crippen LogP contribution in [0.3, 0.4) is 0 Å². The van der Waals surface area contributed by atoms with Gasteiger partial charge in [0.25, 0.3) is 0 Å². The molecule has 0 fully saturated rings. The Morgan fingerprint density at radius 2 is 1.28 bits per heavy atom.